The third-order valence-corrected chi connectivity index (χ3v) is 3.69. The van der Waals surface area contributed by atoms with Crippen molar-refractivity contribution in [2.24, 2.45) is 5.73 Å². The van der Waals surface area contributed by atoms with Gasteiger partial charge in [-0.25, -0.2) is 0 Å². The van der Waals surface area contributed by atoms with Crippen molar-refractivity contribution in [3.63, 3.8) is 0 Å². The molecule has 0 heterocycles. The summed E-state index contributed by atoms with van der Waals surface area (Å²) < 4.78 is 5.45. The van der Waals surface area contributed by atoms with E-state index in [4.69, 9.17) is 10.5 Å². The van der Waals surface area contributed by atoms with Crippen molar-refractivity contribution >= 4 is 11.6 Å². The lowest BCUT2D eigenvalue weighted by Crippen LogP contribution is -2.42. The van der Waals surface area contributed by atoms with Gasteiger partial charge < -0.3 is 15.8 Å². The van der Waals surface area contributed by atoms with Crippen LogP contribution < -0.4 is 11.1 Å². The number of nitrogens with one attached hydrogen (secondary N) is 1. The third-order valence-electron chi connectivity index (χ3n) is 3.69. The van der Waals surface area contributed by atoms with Crippen molar-refractivity contribution < 1.29 is 9.53 Å². The van der Waals surface area contributed by atoms with Gasteiger partial charge in [-0.15, -0.1) is 0 Å². The third kappa shape index (κ3) is 2.71. The maximum atomic E-state index is 12.0. The number of benzene rings is 1. The lowest BCUT2D eigenvalue weighted by Gasteiger charge is -2.39. The number of anilines is 1. The normalized spacial score (nSPS) is 17.0. The van der Waals surface area contributed by atoms with Crippen LogP contribution in [0.25, 0.3) is 0 Å². The molecule has 4 heteroatoms. The lowest BCUT2D eigenvalue weighted by molar-refractivity contribution is -0.129. The van der Waals surface area contributed by atoms with Gasteiger partial charge in [-0.1, -0.05) is 18.2 Å². The molecule has 4 nitrogen and oxygen atoms in total. The minimum Gasteiger partial charge on any atom is -0.378 e. The van der Waals surface area contributed by atoms with Crippen LogP contribution in [0.4, 0.5) is 5.69 Å². The van der Waals surface area contributed by atoms with Crippen LogP contribution in [0.2, 0.25) is 0 Å². The fourth-order valence-electron chi connectivity index (χ4n) is 2.33. The van der Waals surface area contributed by atoms with E-state index in [1.54, 1.807) is 7.11 Å². The van der Waals surface area contributed by atoms with Gasteiger partial charge >= 0.3 is 0 Å². The number of hydrogen-bond donors (Lipinski definition) is 2. The number of hydrogen-bond acceptors (Lipinski definition) is 3. The fraction of sp³-hybridized carbons (Fsp3) is 0.500. The summed E-state index contributed by atoms with van der Waals surface area (Å²) in [6, 6.07) is 7.61. The van der Waals surface area contributed by atoms with Gasteiger partial charge in [0.2, 0.25) is 5.91 Å². The summed E-state index contributed by atoms with van der Waals surface area (Å²) in [7, 11) is 1.68. The van der Waals surface area contributed by atoms with E-state index in [0.29, 0.717) is 13.0 Å². The number of rotatable bonds is 5. The van der Waals surface area contributed by atoms with E-state index in [1.165, 1.54) is 0 Å². The molecule has 0 atom stereocenters. The molecule has 0 unspecified atom stereocenters. The Hall–Kier alpha value is -1.39. The van der Waals surface area contributed by atoms with Crippen molar-refractivity contribution in [3.8, 4) is 0 Å². The van der Waals surface area contributed by atoms with E-state index in [2.05, 4.69) is 5.32 Å². The molecule has 0 aromatic heterocycles. The molecule has 1 fully saturated rings. The Morgan fingerprint density at radius 3 is 2.72 bits per heavy atom. The largest absolute Gasteiger partial charge is 0.378 e. The molecule has 0 radical (unpaired) electrons. The number of methoxy groups -OCH3 is 1. The van der Waals surface area contributed by atoms with Crippen LogP contribution in [0.1, 0.15) is 31.2 Å². The average Bonchev–Trinajstić information content (AvgIpc) is 2.34. The molecular weight excluding hydrogens is 228 g/mol. The van der Waals surface area contributed by atoms with Crippen molar-refractivity contribution in [1.82, 2.24) is 0 Å². The molecule has 1 aromatic carbocycles. The Morgan fingerprint density at radius 2 is 2.17 bits per heavy atom. The highest BCUT2D eigenvalue weighted by Crippen LogP contribution is 2.38. The van der Waals surface area contributed by atoms with Gasteiger partial charge in [-0.3, -0.25) is 4.79 Å². The van der Waals surface area contributed by atoms with Crippen LogP contribution in [-0.2, 0) is 16.1 Å². The number of carbonyl (C=O) groups is 1. The van der Waals surface area contributed by atoms with E-state index in [-0.39, 0.29) is 11.5 Å². The van der Waals surface area contributed by atoms with Crippen molar-refractivity contribution in [1.29, 1.82) is 0 Å². The first-order valence-corrected chi connectivity index (χ1v) is 6.32. The molecule has 98 valence electrons. The average molecular weight is 248 g/mol. The van der Waals surface area contributed by atoms with Gasteiger partial charge in [0.25, 0.3) is 0 Å². The van der Waals surface area contributed by atoms with Gasteiger partial charge in [0.05, 0.1) is 12.0 Å². The SMILES string of the molecule is COC1(CC(=O)Nc2ccccc2CN)CCC1. The summed E-state index contributed by atoms with van der Waals surface area (Å²) >= 11 is 0. The molecule has 0 bridgehead atoms. The zero-order chi connectivity index (χ0) is 13.0. The highest BCUT2D eigenvalue weighted by atomic mass is 16.5. The zero-order valence-electron chi connectivity index (χ0n) is 10.7. The fourth-order valence-corrected chi connectivity index (χ4v) is 2.33. The number of carbonyl (C=O) groups excluding carboxylic acids is 1. The zero-order valence-corrected chi connectivity index (χ0v) is 10.7. The Kier molecular flexibility index (Phi) is 3.99. The number of amides is 1. The van der Waals surface area contributed by atoms with E-state index < -0.39 is 0 Å². The standard InChI is InChI=1S/C14H20N2O2/c1-18-14(7-4-8-14)9-13(17)16-12-6-3-2-5-11(12)10-15/h2-3,5-6H,4,7-10,15H2,1H3,(H,16,17). The second-order valence-corrected chi connectivity index (χ2v) is 4.83. The van der Waals surface area contributed by atoms with Gasteiger partial charge in [-0.05, 0) is 30.9 Å². The van der Waals surface area contributed by atoms with Crippen LogP contribution in [0.15, 0.2) is 24.3 Å². The van der Waals surface area contributed by atoms with Crippen molar-refractivity contribution in [3.05, 3.63) is 29.8 Å². The maximum Gasteiger partial charge on any atom is 0.227 e. The Labute approximate surface area is 108 Å². The molecular formula is C14H20N2O2. The molecule has 18 heavy (non-hydrogen) atoms. The van der Waals surface area contributed by atoms with Crippen LogP contribution in [-0.4, -0.2) is 18.6 Å². The first-order valence-electron chi connectivity index (χ1n) is 6.32. The first-order chi connectivity index (χ1) is 8.69. The van der Waals surface area contributed by atoms with E-state index in [1.807, 2.05) is 24.3 Å². The predicted molar refractivity (Wildman–Crippen MR) is 71.2 cm³/mol. The minimum atomic E-state index is -0.234. The Bertz CT molecular complexity index is 422. The van der Waals surface area contributed by atoms with Crippen LogP contribution >= 0.6 is 0 Å². The molecule has 0 saturated heterocycles. The second-order valence-electron chi connectivity index (χ2n) is 4.83. The number of para-hydroxylation sites is 1. The summed E-state index contributed by atoms with van der Waals surface area (Å²) in [5, 5.41) is 2.92. The highest BCUT2D eigenvalue weighted by molar-refractivity contribution is 5.92. The summed E-state index contributed by atoms with van der Waals surface area (Å²) in [5.41, 5.74) is 7.16. The van der Waals surface area contributed by atoms with Gasteiger partial charge in [0, 0.05) is 19.3 Å². The Balaban J connectivity index is 1.98. The summed E-state index contributed by atoms with van der Waals surface area (Å²) in [6.45, 7) is 0.422. The van der Waals surface area contributed by atoms with Gasteiger partial charge in [0.15, 0.2) is 0 Å². The van der Waals surface area contributed by atoms with Gasteiger partial charge in [-0.2, -0.15) is 0 Å². The maximum absolute atomic E-state index is 12.0. The molecule has 1 aliphatic rings. The molecule has 3 N–H and O–H groups in total. The quantitative estimate of drug-likeness (QED) is 0.838. The Morgan fingerprint density at radius 1 is 1.44 bits per heavy atom. The van der Waals surface area contributed by atoms with E-state index in [9.17, 15) is 4.79 Å². The van der Waals surface area contributed by atoms with Crippen molar-refractivity contribution in [2.75, 3.05) is 12.4 Å². The van der Waals surface area contributed by atoms with E-state index >= 15 is 0 Å². The summed E-state index contributed by atoms with van der Waals surface area (Å²) in [5.74, 6) is -0.00236. The van der Waals surface area contributed by atoms with Crippen LogP contribution in [0, 0.1) is 0 Å². The second kappa shape index (κ2) is 5.50. The highest BCUT2D eigenvalue weighted by Gasteiger charge is 2.38. The summed E-state index contributed by atoms with van der Waals surface area (Å²) in [6.07, 6.45) is 3.49. The molecule has 0 spiro atoms. The van der Waals surface area contributed by atoms with Crippen LogP contribution in [0.3, 0.4) is 0 Å². The molecule has 2 rings (SSSR count). The molecule has 1 amide bonds. The lowest BCUT2D eigenvalue weighted by atomic mass is 9.77. The molecule has 1 saturated carbocycles. The number of ether oxygens (including phenoxy) is 1. The predicted octanol–water partition coefficient (Wildman–Crippen LogP) is 2.04. The van der Waals surface area contributed by atoms with E-state index in [0.717, 1.165) is 30.5 Å². The monoisotopic (exact) mass is 248 g/mol. The van der Waals surface area contributed by atoms with Crippen LogP contribution in [0.5, 0.6) is 0 Å². The molecule has 1 aliphatic carbocycles. The van der Waals surface area contributed by atoms with Crippen molar-refractivity contribution in [2.45, 2.75) is 37.8 Å². The molecule has 1 aromatic rings. The topological polar surface area (TPSA) is 64.3 Å². The molecule has 0 aliphatic heterocycles. The minimum absolute atomic E-state index is 0.00236. The first kappa shape index (κ1) is 13.1. The van der Waals surface area contributed by atoms with Gasteiger partial charge in [0.1, 0.15) is 0 Å². The summed E-state index contributed by atoms with van der Waals surface area (Å²) in [4.78, 5) is 12.0. The number of nitrogens with two attached hydrogens (primary N) is 1. The smallest absolute Gasteiger partial charge is 0.227 e.